The Morgan fingerprint density at radius 2 is 2.11 bits per heavy atom. The zero-order valence-electron chi connectivity index (χ0n) is 10.00. The van der Waals surface area contributed by atoms with Gasteiger partial charge in [-0.05, 0) is 43.4 Å². The van der Waals surface area contributed by atoms with Gasteiger partial charge in [-0.15, -0.1) is 0 Å². The van der Waals surface area contributed by atoms with Crippen molar-refractivity contribution in [2.24, 2.45) is 0 Å². The summed E-state index contributed by atoms with van der Waals surface area (Å²) in [5, 5.41) is 1.62. The summed E-state index contributed by atoms with van der Waals surface area (Å²) in [5.74, 6) is 0. The highest BCUT2D eigenvalue weighted by Crippen LogP contribution is 2.28. The molecule has 2 nitrogen and oxygen atoms in total. The second kappa shape index (κ2) is 5.06. The molecule has 0 spiro atoms. The lowest BCUT2D eigenvalue weighted by molar-refractivity contribution is 0.656. The van der Waals surface area contributed by atoms with Crippen molar-refractivity contribution >= 4 is 27.5 Å². The fourth-order valence-electron chi connectivity index (χ4n) is 2.51. The number of hydrogen-bond donors (Lipinski definition) is 0. The minimum Gasteiger partial charge on any atom is -0.301 e. The van der Waals surface area contributed by atoms with Crippen LogP contribution in [0.15, 0.2) is 24.5 Å². The molecule has 0 aliphatic heterocycles. The van der Waals surface area contributed by atoms with Crippen LogP contribution in [-0.2, 0) is 18.2 Å². The maximum atomic E-state index is 6.37. The van der Waals surface area contributed by atoms with Gasteiger partial charge in [0.15, 0.2) is 0 Å². The van der Waals surface area contributed by atoms with E-state index in [0.717, 1.165) is 28.9 Å². The van der Waals surface area contributed by atoms with Crippen molar-refractivity contribution in [2.75, 3.05) is 0 Å². The van der Waals surface area contributed by atoms with E-state index in [4.69, 9.17) is 11.6 Å². The van der Waals surface area contributed by atoms with Crippen LogP contribution in [0, 0.1) is 0 Å². The number of rotatable bonds is 2. The van der Waals surface area contributed by atoms with Crippen LogP contribution in [0.5, 0.6) is 0 Å². The van der Waals surface area contributed by atoms with Crippen LogP contribution in [0.4, 0.5) is 0 Å². The summed E-state index contributed by atoms with van der Waals surface area (Å²) in [6.45, 7) is 0. The van der Waals surface area contributed by atoms with Gasteiger partial charge in [0.1, 0.15) is 0 Å². The molecule has 1 aromatic carbocycles. The first kappa shape index (κ1) is 12.2. The summed E-state index contributed by atoms with van der Waals surface area (Å²) in [6, 6.07) is 6.20. The Labute approximate surface area is 120 Å². The molecule has 1 aliphatic rings. The molecular weight excluding hydrogens is 312 g/mol. The lowest BCUT2D eigenvalue weighted by Crippen LogP contribution is -2.07. The van der Waals surface area contributed by atoms with Crippen LogP contribution in [0.1, 0.15) is 29.8 Å². The lowest BCUT2D eigenvalue weighted by Gasteiger charge is -2.15. The molecule has 0 saturated carbocycles. The van der Waals surface area contributed by atoms with Crippen LogP contribution in [0.3, 0.4) is 0 Å². The molecule has 4 heteroatoms. The van der Waals surface area contributed by atoms with Crippen LogP contribution in [0.2, 0.25) is 5.02 Å². The molecule has 0 fully saturated rings. The molecule has 0 N–H and O–H groups in total. The van der Waals surface area contributed by atoms with E-state index < -0.39 is 0 Å². The van der Waals surface area contributed by atoms with Gasteiger partial charge >= 0.3 is 0 Å². The van der Waals surface area contributed by atoms with E-state index >= 15 is 0 Å². The summed E-state index contributed by atoms with van der Waals surface area (Å²) in [5.41, 5.74) is 4.80. The van der Waals surface area contributed by atoms with E-state index in [1.807, 2.05) is 12.4 Å². The molecule has 1 aromatic heterocycles. The number of nitrogens with zero attached hydrogens (tertiary/aromatic N) is 2. The summed E-state index contributed by atoms with van der Waals surface area (Å²) in [4.78, 5) is 4.51. The van der Waals surface area contributed by atoms with Gasteiger partial charge in [0.25, 0.3) is 0 Å². The van der Waals surface area contributed by atoms with Crippen molar-refractivity contribution < 1.29 is 0 Å². The standard InChI is InChI=1S/C14H14BrClN2/c15-8-10-5-6-13(11(16)7-10)18-9-17-12-3-1-2-4-14(12)18/h5-7,9H,1-4,8H2. The Morgan fingerprint density at radius 3 is 2.89 bits per heavy atom. The Kier molecular flexibility index (Phi) is 3.44. The van der Waals surface area contributed by atoms with E-state index in [1.165, 1.54) is 29.8 Å². The third-order valence-corrected chi connectivity index (χ3v) is 4.41. The van der Waals surface area contributed by atoms with E-state index in [-0.39, 0.29) is 0 Å². The van der Waals surface area contributed by atoms with Crippen LogP contribution in [0.25, 0.3) is 5.69 Å². The molecule has 0 bridgehead atoms. The van der Waals surface area contributed by atoms with Gasteiger partial charge < -0.3 is 4.57 Å². The first-order valence-electron chi connectivity index (χ1n) is 6.19. The fourth-order valence-corrected chi connectivity index (χ4v) is 3.15. The van der Waals surface area contributed by atoms with E-state index in [2.05, 4.69) is 37.6 Å². The average Bonchev–Trinajstić information content (AvgIpc) is 2.82. The molecule has 1 heterocycles. The fraction of sp³-hybridized carbons (Fsp3) is 0.357. The van der Waals surface area contributed by atoms with Crippen LogP contribution in [-0.4, -0.2) is 9.55 Å². The third-order valence-electron chi connectivity index (χ3n) is 3.46. The topological polar surface area (TPSA) is 17.8 Å². The molecule has 0 saturated heterocycles. The van der Waals surface area contributed by atoms with Crippen molar-refractivity contribution in [3.05, 3.63) is 46.5 Å². The van der Waals surface area contributed by atoms with E-state index in [0.29, 0.717) is 0 Å². The highest BCUT2D eigenvalue weighted by Gasteiger charge is 2.17. The molecule has 94 valence electrons. The third kappa shape index (κ3) is 2.10. The lowest BCUT2D eigenvalue weighted by atomic mass is 10.0. The van der Waals surface area contributed by atoms with Gasteiger partial charge in [-0.3, -0.25) is 0 Å². The molecule has 0 amide bonds. The maximum Gasteiger partial charge on any atom is 0.0998 e. The van der Waals surface area contributed by atoms with Crippen molar-refractivity contribution in [1.29, 1.82) is 0 Å². The number of hydrogen-bond acceptors (Lipinski definition) is 1. The van der Waals surface area contributed by atoms with Gasteiger partial charge in [0.2, 0.25) is 0 Å². The summed E-state index contributed by atoms with van der Waals surface area (Å²) >= 11 is 9.82. The summed E-state index contributed by atoms with van der Waals surface area (Å²) < 4.78 is 2.15. The second-order valence-corrected chi connectivity index (χ2v) is 5.60. The van der Waals surface area contributed by atoms with Crippen molar-refractivity contribution in [3.8, 4) is 5.69 Å². The normalized spacial score (nSPS) is 14.6. The van der Waals surface area contributed by atoms with E-state index in [9.17, 15) is 0 Å². The molecule has 3 rings (SSSR count). The van der Waals surface area contributed by atoms with Gasteiger partial charge in [-0.2, -0.15) is 0 Å². The van der Waals surface area contributed by atoms with Crippen molar-refractivity contribution in [1.82, 2.24) is 9.55 Å². The highest BCUT2D eigenvalue weighted by atomic mass is 79.9. The highest BCUT2D eigenvalue weighted by molar-refractivity contribution is 9.08. The van der Waals surface area contributed by atoms with Crippen molar-refractivity contribution in [3.63, 3.8) is 0 Å². The monoisotopic (exact) mass is 324 g/mol. The Bertz CT molecular complexity index is 577. The molecule has 0 atom stereocenters. The summed E-state index contributed by atoms with van der Waals surface area (Å²) in [7, 11) is 0. The average molecular weight is 326 g/mol. The van der Waals surface area contributed by atoms with Gasteiger partial charge in [-0.25, -0.2) is 4.98 Å². The van der Waals surface area contributed by atoms with E-state index in [1.54, 1.807) is 0 Å². The zero-order valence-corrected chi connectivity index (χ0v) is 12.3. The SMILES string of the molecule is Clc1cc(CBr)ccc1-n1cnc2c1CCCC2. The van der Waals surface area contributed by atoms with Gasteiger partial charge in [0.05, 0.1) is 22.7 Å². The number of alkyl halides is 1. The minimum absolute atomic E-state index is 0.790. The molecule has 1 aliphatic carbocycles. The number of aryl methyl sites for hydroxylation is 1. The first-order valence-corrected chi connectivity index (χ1v) is 7.69. The molecule has 0 radical (unpaired) electrons. The Morgan fingerprint density at radius 1 is 1.28 bits per heavy atom. The second-order valence-electron chi connectivity index (χ2n) is 4.63. The first-order chi connectivity index (χ1) is 8.79. The largest absolute Gasteiger partial charge is 0.301 e. The predicted octanol–water partition coefficient (Wildman–Crippen LogP) is 4.30. The van der Waals surface area contributed by atoms with Crippen LogP contribution < -0.4 is 0 Å². The molecule has 0 unspecified atom stereocenters. The summed E-state index contributed by atoms with van der Waals surface area (Å²) in [6.07, 6.45) is 6.60. The Balaban J connectivity index is 2.07. The number of benzene rings is 1. The molecule has 2 aromatic rings. The zero-order chi connectivity index (χ0) is 12.5. The molecular formula is C14H14BrClN2. The number of fused-ring (bicyclic) bond motifs is 1. The van der Waals surface area contributed by atoms with Crippen molar-refractivity contribution in [2.45, 2.75) is 31.0 Å². The number of halogens is 2. The quantitative estimate of drug-likeness (QED) is 0.753. The number of aromatic nitrogens is 2. The van der Waals surface area contributed by atoms with Gasteiger partial charge in [0, 0.05) is 11.0 Å². The smallest absolute Gasteiger partial charge is 0.0998 e. The van der Waals surface area contributed by atoms with Gasteiger partial charge in [-0.1, -0.05) is 33.6 Å². The number of imidazole rings is 1. The minimum atomic E-state index is 0.790. The maximum absolute atomic E-state index is 6.37. The molecule has 18 heavy (non-hydrogen) atoms. The predicted molar refractivity (Wildman–Crippen MR) is 77.8 cm³/mol. The Hall–Kier alpha value is -0.800. The van der Waals surface area contributed by atoms with Crippen LogP contribution >= 0.6 is 27.5 Å².